The smallest absolute Gasteiger partial charge is 0.134 e. The summed E-state index contributed by atoms with van der Waals surface area (Å²) in [6, 6.07) is 11.6. The van der Waals surface area contributed by atoms with Crippen molar-refractivity contribution in [2.75, 3.05) is 20.8 Å². The lowest BCUT2D eigenvalue weighted by molar-refractivity contribution is 0.386. The number of nitrogens with two attached hydrogens (primary N) is 1. The van der Waals surface area contributed by atoms with E-state index < -0.39 is 0 Å². The molecule has 0 saturated heterocycles. The van der Waals surface area contributed by atoms with E-state index in [1.807, 2.05) is 37.3 Å². The van der Waals surface area contributed by atoms with E-state index in [1.54, 1.807) is 14.2 Å². The summed E-state index contributed by atoms with van der Waals surface area (Å²) in [4.78, 5) is 0. The monoisotopic (exact) mass is 287 g/mol. The van der Waals surface area contributed by atoms with E-state index in [0.29, 0.717) is 23.8 Å². The fraction of sp³-hybridized carbons (Fsp3) is 0.294. The molecular formula is C17H21NO3. The van der Waals surface area contributed by atoms with E-state index in [-0.39, 0.29) is 0 Å². The van der Waals surface area contributed by atoms with Crippen molar-refractivity contribution in [2.24, 2.45) is 5.73 Å². The van der Waals surface area contributed by atoms with E-state index in [0.717, 1.165) is 17.7 Å². The van der Waals surface area contributed by atoms with E-state index >= 15 is 0 Å². The third-order valence-corrected chi connectivity index (χ3v) is 3.23. The fourth-order valence-electron chi connectivity index (χ4n) is 2.12. The Kier molecular flexibility index (Phi) is 5.06. The quantitative estimate of drug-likeness (QED) is 0.885. The first-order valence-electron chi connectivity index (χ1n) is 6.86. The maximum atomic E-state index is 5.94. The first kappa shape index (κ1) is 15.2. The number of hydrogen-bond acceptors (Lipinski definition) is 4. The van der Waals surface area contributed by atoms with Crippen LogP contribution >= 0.6 is 0 Å². The second-order valence-electron chi connectivity index (χ2n) is 4.79. The topological polar surface area (TPSA) is 53.7 Å². The maximum Gasteiger partial charge on any atom is 0.134 e. The van der Waals surface area contributed by atoms with Crippen molar-refractivity contribution in [3.8, 4) is 23.0 Å². The van der Waals surface area contributed by atoms with Gasteiger partial charge in [-0.05, 0) is 37.1 Å². The van der Waals surface area contributed by atoms with E-state index in [9.17, 15) is 0 Å². The molecule has 0 aliphatic carbocycles. The average molecular weight is 287 g/mol. The highest BCUT2D eigenvalue weighted by molar-refractivity contribution is 5.45. The van der Waals surface area contributed by atoms with Crippen molar-refractivity contribution in [3.05, 3.63) is 47.5 Å². The summed E-state index contributed by atoms with van der Waals surface area (Å²) < 4.78 is 16.4. The van der Waals surface area contributed by atoms with Gasteiger partial charge < -0.3 is 19.9 Å². The molecule has 0 fully saturated rings. The van der Waals surface area contributed by atoms with Crippen LogP contribution in [-0.4, -0.2) is 20.8 Å². The standard InChI is InChI=1S/C17H21NO3/c1-12-8-13(6-7-18)4-5-17(12)21-16-10-14(19-2)9-15(11-16)20-3/h4-5,8-11H,6-7,18H2,1-3H3. The maximum absolute atomic E-state index is 5.94. The second-order valence-corrected chi connectivity index (χ2v) is 4.79. The number of methoxy groups -OCH3 is 2. The minimum absolute atomic E-state index is 0.646. The normalized spacial score (nSPS) is 10.3. The highest BCUT2D eigenvalue weighted by Gasteiger charge is 2.06. The molecule has 0 unspecified atom stereocenters. The molecule has 0 amide bonds. The predicted octanol–water partition coefficient (Wildman–Crippen LogP) is 3.31. The molecule has 0 saturated carbocycles. The molecule has 0 spiro atoms. The van der Waals surface area contributed by atoms with Crippen LogP contribution < -0.4 is 19.9 Å². The molecule has 0 aromatic heterocycles. The van der Waals surface area contributed by atoms with Crippen LogP contribution in [0.3, 0.4) is 0 Å². The van der Waals surface area contributed by atoms with E-state index in [2.05, 4.69) is 6.07 Å². The SMILES string of the molecule is COc1cc(OC)cc(Oc2ccc(CCN)cc2C)c1. The zero-order valence-corrected chi connectivity index (χ0v) is 12.7. The van der Waals surface area contributed by atoms with Crippen LogP contribution in [0.15, 0.2) is 36.4 Å². The summed E-state index contributed by atoms with van der Waals surface area (Å²) in [5.74, 6) is 2.88. The fourth-order valence-corrected chi connectivity index (χ4v) is 2.12. The van der Waals surface area contributed by atoms with Crippen LogP contribution in [0, 0.1) is 6.92 Å². The van der Waals surface area contributed by atoms with Gasteiger partial charge in [0, 0.05) is 18.2 Å². The van der Waals surface area contributed by atoms with Gasteiger partial charge in [-0.1, -0.05) is 12.1 Å². The molecule has 112 valence electrons. The molecule has 2 aromatic carbocycles. The number of rotatable bonds is 6. The average Bonchev–Trinajstić information content (AvgIpc) is 2.50. The summed E-state index contributed by atoms with van der Waals surface area (Å²) in [6.45, 7) is 2.67. The van der Waals surface area contributed by atoms with Crippen LogP contribution in [0.2, 0.25) is 0 Å². The summed E-state index contributed by atoms with van der Waals surface area (Å²) >= 11 is 0. The largest absolute Gasteiger partial charge is 0.496 e. The zero-order chi connectivity index (χ0) is 15.2. The first-order valence-corrected chi connectivity index (χ1v) is 6.86. The van der Waals surface area contributed by atoms with Gasteiger partial charge >= 0.3 is 0 Å². The minimum Gasteiger partial charge on any atom is -0.496 e. The Labute approximate surface area is 125 Å². The van der Waals surface area contributed by atoms with Crippen LogP contribution in [-0.2, 0) is 6.42 Å². The number of hydrogen-bond donors (Lipinski definition) is 1. The number of ether oxygens (including phenoxy) is 3. The van der Waals surface area contributed by atoms with Gasteiger partial charge in [-0.3, -0.25) is 0 Å². The molecular weight excluding hydrogens is 266 g/mol. The molecule has 4 heteroatoms. The Balaban J connectivity index is 2.25. The van der Waals surface area contributed by atoms with Gasteiger partial charge in [0.05, 0.1) is 14.2 Å². The number of aryl methyl sites for hydroxylation is 1. The molecule has 2 N–H and O–H groups in total. The molecule has 0 aliphatic heterocycles. The summed E-state index contributed by atoms with van der Waals surface area (Å²) in [7, 11) is 3.23. The molecule has 4 nitrogen and oxygen atoms in total. The van der Waals surface area contributed by atoms with Crippen molar-refractivity contribution < 1.29 is 14.2 Å². The lowest BCUT2D eigenvalue weighted by Gasteiger charge is -2.12. The predicted molar refractivity (Wildman–Crippen MR) is 83.6 cm³/mol. The van der Waals surface area contributed by atoms with Crippen molar-refractivity contribution in [1.82, 2.24) is 0 Å². The summed E-state index contributed by atoms with van der Waals surface area (Å²) in [5, 5.41) is 0. The zero-order valence-electron chi connectivity index (χ0n) is 12.7. The lowest BCUT2D eigenvalue weighted by atomic mass is 10.1. The Morgan fingerprint density at radius 3 is 2.05 bits per heavy atom. The summed E-state index contributed by atoms with van der Waals surface area (Å²) in [6.07, 6.45) is 0.869. The molecule has 2 rings (SSSR count). The van der Waals surface area contributed by atoms with Crippen molar-refractivity contribution in [3.63, 3.8) is 0 Å². The molecule has 2 aromatic rings. The van der Waals surface area contributed by atoms with Gasteiger partial charge in [0.25, 0.3) is 0 Å². The molecule has 0 radical (unpaired) electrons. The van der Waals surface area contributed by atoms with E-state index in [1.165, 1.54) is 5.56 Å². The molecule has 0 aliphatic rings. The third-order valence-electron chi connectivity index (χ3n) is 3.23. The highest BCUT2D eigenvalue weighted by Crippen LogP contribution is 2.32. The van der Waals surface area contributed by atoms with Gasteiger partial charge in [0.2, 0.25) is 0 Å². The van der Waals surface area contributed by atoms with Crippen LogP contribution in [0.25, 0.3) is 0 Å². The molecule has 0 bridgehead atoms. The van der Waals surface area contributed by atoms with Gasteiger partial charge in [0.15, 0.2) is 0 Å². The summed E-state index contributed by atoms with van der Waals surface area (Å²) in [5.41, 5.74) is 7.86. The van der Waals surface area contributed by atoms with Crippen molar-refractivity contribution >= 4 is 0 Å². The van der Waals surface area contributed by atoms with Crippen molar-refractivity contribution in [2.45, 2.75) is 13.3 Å². The Morgan fingerprint density at radius 2 is 1.52 bits per heavy atom. The second kappa shape index (κ2) is 6.99. The van der Waals surface area contributed by atoms with Crippen LogP contribution in [0.1, 0.15) is 11.1 Å². The lowest BCUT2D eigenvalue weighted by Crippen LogP contribution is -2.02. The highest BCUT2D eigenvalue weighted by atomic mass is 16.5. The van der Waals surface area contributed by atoms with Gasteiger partial charge in [-0.2, -0.15) is 0 Å². The number of benzene rings is 2. The van der Waals surface area contributed by atoms with Crippen LogP contribution in [0.5, 0.6) is 23.0 Å². The Morgan fingerprint density at radius 1 is 0.905 bits per heavy atom. The Hall–Kier alpha value is -2.20. The molecule has 0 atom stereocenters. The molecule has 21 heavy (non-hydrogen) atoms. The van der Waals surface area contributed by atoms with Gasteiger partial charge in [-0.15, -0.1) is 0 Å². The van der Waals surface area contributed by atoms with E-state index in [4.69, 9.17) is 19.9 Å². The minimum atomic E-state index is 0.646. The van der Waals surface area contributed by atoms with Crippen LogP contribution in [0.4, 0.5) is 0 Å². The van der Waals surface area contributed by atoms with Gasteiger partial charge in [0.1, 0.15) is 23.0 Å². The Bertz CT molecular complexity index is 589. The third kappa shape index (κ3) is 3.89. The van der Waals surface area contributed by atoms with Crippen molar-refractivity contribution in [1.29, 1.82) is 0 Å². The first-order chi connectivity index (χ1) is 10.2. The molecule has 0 heterocycles. The van der Waals surface area contributed by atoms with Gasteiger partial charge in [-0.25, -0.2) is 0 Å².